The molecule has 0 aliphatic carbocycles. The fourth-order valence-corrected chi connectivity index (χ4v) is 5.53. The van der Waals surface area contributed by atoms with Crippen molar-refractivity contribution in [2.45, 2.75) is 38.1 Å². The highest BCUT2D eigenvalue weighted by molar-refractivity contribution is 7.89. The molecule has 1 aliphatic rings. The molecule has 1 aromatic carbocycles. The third kappa shape index (κ3) is 5.16. The van der Waals surface area contributed by atoms with Crippen LogP contribution in [0, 0.1) is 0 Å². The number of aromatic amines is 1. The van der Waals surface area contributed by atoms with Gasteiger partial charge in [-0.1, -0.05) is 13.8 Å². The number of sulfonamides is 1. The van der Waals surface area contributed by atoms with E-state index >= 15 is 0 Å². The minimum atomic E-state index is -3.79. The van der Waals surface area contributed by atoms with Crippen molar-refractivity contribution in [2.24, 2.45) is 0 Å². The Morgan fingerprint density at radius 1 is 1.13 bits per heavy atom. The number of ether oxygens (including phenoxy) is 2. The van der Waals surface area contributed by atoms with Crippen LogP contribution in [-0.2, 0) is 21.3 Å². The quantitative estimate of drug-likeness (QED) is 0.284. The van der Waals surface area contributed by atoms with Crippen LogP contribution in [0.2, 0.25) is 0 Å². The number of fused-ring (bicyclic) bond motifs is 3. The van der Waals surface area contributed by atoms with Crippen molar-refractivity contribution in [3.8, 4) is 17.1 Å². The second kappa shape index (κ2) is 11.2. The number of imidazole rings is 1. The Morgan fingerprint density at radius 2 is 1.95 bits per heavy atom. The smallest absolute Gasteiger partial charge is 0.336 e. The van der Waals surface area contributed by atoms with E-state index in [4.69, 9.17) is 14.5 Å². The van der Waals surface area contributed by atoms with Gasteiger partial charge in [0, 0.05) is 32.7 Å². The molecule has 0 unspecified atom stereocenters. The number of benzene rings is 1. The number of morpholine rings is 1. The van der Waals surface area contributed by atoms with Crippen LogP contribution in [0.3, 0.4) is 0 Å². The highest BCUT2D eigenvalue weighted by Gasteiger charge is 2.22. The van der Waals surface area contributed by atoms with Crippen LogP contribution in [-0.4, -0.2) is 88.5 Å². The average Bonchev–Trinajstić information content (AvgIpc) is 3.58. The van der Waals surface area contributed by atoms with E-state index in [1.807, 2.05) is 13.8 Å². The molecule has 4 aromatic rings. The Balaban J connectivity index is 1.53. The Kier molecular flexibility index (Phi) is 7.74. The highest BCUT2D eigenvalue weighted by Crippen LogP contribution is 2.32. The van der Waals surface area contributed by atoms with E-state index in [-0.39, 0.29) is 17.1 Å². The lowest BCUT2D eigenvalue weighted by molar-refractivity contribution is 0.0390. The molecule has 0 bridgehead atoms. The van der Waals surface area contributed by atoms with E-state index in [9.17, 15) is 13.2 Å². The van der Waals surface area contributed by atoms with Gasteiger partial charge < -0.3 is 14.5 Å². The predicted molar refractivity (Wildman–Crippen MR) is 141 cm³/mol. The molecule has 1 saturated heterocycles. The zero-order valence-corrected chi connectivity index (χ0v) is 22.3. The molecule has 0 saturated carbocycles. The third-order valence-corrected chi connectivity index (χ3v) is 7.86. The minimum Gasteiger partial charge on any atom is -0.493 e. The Morgan fingerprint density at radius 3 is 2.71 bits per heavy atom. The summed E-state index contributed by atoms with van der Waals surface area (Å²) in [7, 11) is -3.79. The Hall–Kier alpha value is -3.33. The lowest BCUT2D eigenvalue weighted by atomic mass is 10.2. The van der Waals surface area contributed by atoms with Crippen molar-refractivity contribution in [1.29, 1.82) is 0 Å². The normalized spacial score (nSPS) is 15.0. The van der Waals surface area contributed by atoms with Crippen molar-refractivity contribution in [3.05, 3.63) is 35.0 Å². The number of aryl methyl sites for hydroxylation is 1. The van der Waals surface area contributed by atoms with Gasteiger partial charge in [-0.2, -0.15) is 0 Å². The molecule has 2 N–H and O–H groups in total. The lowest BCUT2D eigenvalue weighted by Crippen LogP contribution is -2.41. The number of aromatic nitrogens is 6. The van der Waals surface area contributed by atoms with Gasteiger partial charge in [0.2, 0.25) is 10.0 Å². The second-order valence-electron chi connectivity index (χ2n) is 9.10. The number of hydrogen-bond donors (Lipinski definition) is 2. The largest absolute Gasteiger partial charge is 0.493 e. The maximum Gasteiger partial charge on any atom is 0.336 e. The molecule has 0 atom stereocenters. The van der Waals surface area contributed by atoms with Gasteiger partial charge in [-0.3, -0.25) is 9.47 Å². The van der Waals surface area contributed by atoms with Crippen molar-refractivity contribution < 1.29 is 17.9 Å². The summed E-state index contributed by atoms with van der Waals surface area (Å²) in [6.07, 6.45) is 2.87. The summed E-state index contributed by atoms with van der Waals surface area (Å²) in [4.78, 5) is 23.2. The summed E-state index contributed by atoms with van der Waals surface area (Å²) in [6, 6.07) is 4.71. The first-order valence-corrected chi connectivity index (χ1v) is 14.3. The Labute approximate surface area is 219 Å². The molecule has 0 amide bonds. The summed E-state index contributed by atoms with van der Waals surface area (Å²) in [5, 5.41) is 7.99. The maximum absolute atomic E-state index is 13.2. The van der Waals surface area contributed by atoms with Crippen LogP contribution in [0.15, 0.2) is 34.2 Å². The highest BCUT2D eigenvalue weighted by atomic mass is 32.2. The summed E-state index contributed by atoms with van der Waals surface area (Å²) in [6.45, 7) is 8.61. The summed E-state index contributed by atoms with van der Waals surface area (Å²) in [5.41, 5.74) is 1.48. The van der Waals surface area contributed by atoms with Gasteiger partial charge in [0.1, 0.15) is 23.4 Å². The van der Waals surface area contributed by atoms with Crippen molar-refractivity contribution in [1.82, 2.24) is 38.8 Å². The second-order valence-corrected chi connectivity index (χ2v) is 10.9. The van der Waals surface area contributed by atoms with Gasteiger partial charge >= 0.3 is 5.69 Å². The summed E-state index contributed by atoms with van der Waals surface area (Å²) in [5.74, 6) is 0.858. The molecule has 204 valence electrons. The van der Waals surface area contributed by atoms with E-state index in [0.717, 1.165) is 25.9 Å². The number of nitrogens with one attached hydrogen (secondary N) is 2. The van der Waals surface area contributed by atoms with Gasteiger partial charge in [-0.15, -0.1) is 10.2 Å². The van der Waals surface area contributed by atoms with E-state index < -0.39 is 10.0 Å². The number of rotatable bonds is 11. The van der Waals surface area contributed by atoms with E-state index in [2.05, 4.69) is 24.8 Å². The van der Waals surface area contributed by atoms with E-state index in [1.165, 1.54) is 16.8 Å². The van der Waals surface area contributed by atoms with Crippen LogP contribution in [0.25, 0.3) is 28.2 Å². The van der Waals surface area contributed by atoms with Crippen LogP contribution < -0.4 is 15.1 Å². The standard InChI is InChI=1S/C24H32N8O5S/c1-3-8-31-22-20(23-29-25-16-32(23)24(31)33)27-21(28-22)18-15-17(5-6-19(18)37-12-4-2)38(34,35)26-7-9-30-10-13-36-14-11-30/h5-6,15-16,26H,3-4,7-14H2,1-2H3,(H,27,28). The molecule has 14 heteroatoms. The molecule has 38 heavy (non-hydrogen) atoms. The third-order valence-electron chi connectivity index (χ3n) is 6.40. The van der Waals surface area contributed by atoms with Gasteiger partial charge in [-0.05, 0) is 31.0 Å². The Bertz CT molecular complexity index is 1590. The molecular formula is C24H32N8O5S. The zero-order valence-electron chi connectivity index (χ0n) is 21.5. The molecule has 0 radical (unpaired) electrons. The minimum absolute atomic E-state index is 0.0948. The van der Waals surface area contributed by atoms with E-state index in [1.54, 1.807) is 16.7 Å². The zero-order chi connectivity index (χ0) is 26.7. The first kappa shape index (κ1) is 26.3. The first-order chi connectivity index (χ1) is 18.4. The molecular weight excluding hydrogens is 512 g/mol. The molecule has 5 rings (SSSR count). The van der Waals surface area contributed by atoms with Gasteiger partial charge in [-0.25, -0.2) is 27.3 Å². The predicted octanol–water partition coefficient (Wildman–Crippen LogP) is 1.24. The van der Waals surface area contributed by atoms with Crippen LogP contribution >= 0.6 is 0 Å². The first-order valence-electron chi connectivity index (χ1n) is 12.8. The number of nitrogens with zero attached hydrogens (tertiary/aromatic N) is 6. The monoisotopic (exact) mass is 544 g/mol. The van der Waals surface area contributed by atoms with Crippen LogP contribution in [0.1, 0.15) is 26.7 Å². The van der Waals surface area contributed by atoms with Gasteiger partial charge in [0.05, 0.1) is 30.3 Å². The molecule has 4 heterocycles. The van der Waals surface area contributed by atoms with Gasteiger partial charge in [0.25, 0.3) is 0 Å². The van der Waals surface area contributed by atoms with Gasteiger partial charge in [0.15, 0.2) is 11.3 Å². The molecule has 0 spiro atoms. The number of H-pyrrole nitrogens is 1. The van der Waals surface area contributed by atoms with Crippen LogP contribution in [0.4, 0.5) is 0 Å². The topological polar surface area (TPSA) is 149 Å². The fourth-order valence-electron chi connectivity index (χ4n) is 4.48. The summed E-state index contributed by atoms with van der Waals surface area (Å²) < 4.78 is 43.3. The molecule has 13 nitrogen and oxygen atoms in total. The van der Waals surface area contributed by atoms with Crippen molar-refractivity contribution in [2.75, 3.05) is 46.0 Å². The maximum atomic E-state index is 13.2. The molecule has 3 aromatic heterocycles. The molecule has 1 fully saturated rings. The summed E-state index contributed by atoms with van der Waals surface area (Å²) >= 11 is 0. The van der Waals surface area contributed by atoms with Crippen molar-refractivity contribution in [3.63, 3.8) is 0 Å². The van der Waals surface area contributed by atoms with Crippen molar-refractivity contribution >= 4 is 26.8 Å². The average molecular weight is 545 g/mol. The van der Waals surface area contributed by atoms with Crippen LogP contribution in [0.5, 0.6) is 5.75 Å². The SMILES string of the molecule is CCCOc1ccc(S(=O)(=O)NCCN2CCOCC2)cc1-c1nc2c([nH]1)c1nncn1c(=O)n2CCC. The molecule has 1 aliphatic heterocycles. The lowest BCUT2D eigenvalue weighted by Gasteiger charge is -2.26. The van der Waals surface area contributed by atoms with E-state index in [0.29, 0.717) is 66.9 Å². The fraction of sp³-hybridized carbons (Fsp3) is 0.500. The number of hydrogen-bond acceptors (Lipinski definition) is 9.